The predicted molar refractivity (Wildman–Crippen MR) is 224 cm³/mol. The molecule has 0 spiro atoms. The van der Waals surface area contributed by atoms with Crippen LogP contribution in [0.2, 0.25) is 0 Å². The van der Waals surface area contributed by atoms with Gasteiger partial charge in [-0.3, -0.25) is 14.5 Å². The number of esters is 2. The number of hydrogen-bond donors (Lipinski definition) is 2. The normalized spacial score (nSPS) is 11.3. The van der Waals surface area contributed by atoms with Crippen molar-refractivity contribution >= 4 is 23.8 Å². The van der Waals surface area contributed by atoms with Crippen LogP contribution in [0.3, 0.4) is 0 Å². The van der Waals surface area contributed by atoms with Crippen LogP contribution < -0.4 is 0 Å². The third-order valence-corrected chi connectivity index (χ3v) is 7.79. The summed E-state index contributed by atoms with van der Waals surface area (Å²) in [5, 5.41) is 19.1. The van der Waals surface area contributed by atoms with E-state index in [1.54, 1.807) is 72.8 Å². The number of phenols is 2. The van der Waals surface area contributed by atoms with Gasteiger partial charge in [0.2, 0.25) is 0 Å². The Kier molecular flexibility index (Phi) is 23.0. The van der Waals surface area contributed by atoms with Gasteiger partial charge in [0.05, 0.1) is 22.3 Å². The maximum atomic E-state index is 11.3. The van der Waals surface area contributed by atoms with Gasteiger partial charge in [0.25, 0.3) is 11.8 Å². The minimum atomic E-state index is -0.550. The lowest BCUT2D eigenvalue weighted by Gasteiger charge is -2.32. The Balaban J connectivity index is 0.000000754. The van der Waals surface area contributed by atoms with Crippen LogP contribution in [-0.4, -0.2) is 45.9 Å². The number of imide groups is 1. The zero-order valence-corrected chi connectivity index (χ0v) is 34.5. The quantitative estimate of drug-likeness (QED) is 0.0815. The summed E-state index contributed by atoms with van der Waals surface area (Å²) in [6.45, 7) is 22.2. The van der Waals surface area contributed by atoms with E-state index >= 15 is 0 Å². The second kappa shape index (κ2) is 25.9. The highest BCUT2D eigenvalue weighted by Crippen LogP contribution is 2.39. The molecule has 2 aliphatic heterocycles. The molecule has 0 aliphatic carbocycles. The Morgan fingerprint density at radius 1 is 0.418 bits per heavy atom. The highest BCUT2D eigenvalue weighted by molar-refractivity contribution is 6.21. The van der Waals surface area contributed by atoms with Crippen LogP contribution in [0.15, 0.2) is 127 Å². The minimum Gasteiger partial charge on any atom is -0.508 e. The summed E-state index contributed by atoms with van der Waals surface area (Å²) in [5.41, 5.74) is 4.70. The number of aromatic hydroxyl groups is 2. The number of benzene rings is 5. The first kappa shape index (κ1) is 49.0. The Labute approximate surface area is 328 Å². The summed E-state index contributed by atoms with van der Waals surface area (Å²) in [4.78, 5) is 45.4. The molecule has 2 N–H and O–H groups in total. The summed E-state index contributed by atoms with van der Waals surface area (Å²) in [7, 11) is 1.49. The number of nitrogens with zero attached hydrogens (tertiary/aromatic N) is 1. The number of phenolic OH excluding ortho intramolecular Hbond substituents is 2. The number of amides is 2. The molecular formula is C47H59NO7. The van der Waals surface area contributed by atoms with E-state index in [1.807, 2.05) is 112 Å². The van der Waals surface area contributed by atoms with E-state index in [9.17, 15) is 29.4 Å². The molecule has 0 radical (unpaired) electrons. The lowest BCUT2D eigenvalue weighted by Crippen LogP contribution is -2.25. The molecular weight excluding hydrogens is 691 g/mol. The summed E-state index contributed by atoms with van der Waals surface area (Å²) in [6.07, 6.45) is 0. The summed E-state index contributed by atoms with van der Waals surface area (Å²) in [6, 6.07) is 38.2. The average Bonchev–Trinajstić information content (AvgIpc) is 3.68. The fraction of sp³-hybridized carbons (Fsp3) is 0.277. The van der Waals surface area contributed by atoms with E-state index in [0.29, 0.717) is 22.3 Å². The largest absolute Gasteiger partial charge is 0.508 e. The molecule has 0 saturated heterocycles. The van der Waals surface area contributed by atoms with Gasteiger partial charge in [0, 0.05) is 12.5 Å². The van der Waals surface area contributed by atoms with E-state index in [1.165, 1.54) is 7.05 Å². The molecule has 0 aromatic heterocycles. The van der Waals surface area contributed by atoms with Gasteiger partial charge in [-0.25, -0.2) is 9.59 Å². The fourth-order valence-electron chi connectivity index (χ4n) is 5.20. The van der Waals surface area contributed by atoms with Crippen LogP contribution in [0, 0.1) is 0 Å². The van der Waals surface area contributed by atoms with Gasteiger partial charge < -0.3 is 14.9 Å². The van der Waals surface area contributed by atoms with Gasteiger partial charge in [-0.05, 0) is 72.1 Å². The molecule has 55 heavy (non-hydrogen) atoms. The molecule has 0 atom stereocenters. The number of carbonyl (C=O) groups excluding carboxylic acids is 4. The van der Waals surface area contributed by atoms with Gasteiger partial charge in [-0.15, -0.1) is 0 Å². The molecule has 0 unspecified atom stereocenters. The zero-order valence-electron chi connectivity index (χ0n) is 34.5. The van der Waals surface area contributed by atoms with Crippen molar-refractivity contribution in [3.63, 3.8) is 0 Å². The van der Waals surface area contributed by atoms with Gasteiger partial charge in [0.1, 0.15) is 11.5 Å². The van der Waals surface area contributed by atoms with Crippen molar-refractivity contribution in [2.75, 3.05) is 7.05 Å². The van der Waals surface area contributed by atoms with Crippen LogP contribution in [0.1, 0.15) is 134 Å². The number of carbonyl (C=O) groups is 4. The molecule has 7 rings (SSSR count). The molecule has 8 heteroatoms. The Bertz CT molecular complexity index is 1770. The maximum Gasteiger partial charge on any atom is 0.346 e. The van der Waals surface area contributed by atoms with E-state index in [-0.39, 0.29) is 28.7 Å². The standard InChI is InChI=1S/C20H18O2.C9H7NO2.C8H4O3.5C2H6/c1-20(15-5-3-2-4-6-15,16-7-11-18(21)12-8-16)17-9-13-19(22)14-10-17;1-10-8(11)6-4-2-3-5-7(6)9(10)12;9-7-5-3-1-2-4-6(5)8(10)11-7;5*1-2/h2-14,21-22H,1H3;2-5H,1H3;1-4H;5*1-2H3. The SMILES string of the molecule is CC.CC.CC.CC.CC.CC(c1ccccc1)(c1ccc(O)cc1)c1ccc(O)cc1.CN1C(=O)c2ccccc2C1=O.O=C1OC(=O)c2ccccc21. The Morgan fingerprint density at radius 2 is 0.691 bits per heavy atom. The summed E-state index contributed by atoms with van der Waals surface area (Å²) in [5.74, 6) is -1.02. The smallest absolute Gasteiger partial charge is 0.346 e. The lowest BCUT2D eigenvalue weighted by atomic mass is 9.71. The van der Waals surface area contributed by atoms with Gasteiger partial charge in [0.15, 0.2) is 0 Å². The number of cyclic esters (lactones) is 2. The van der Waals surface area contributed by atoms with Crippen LogP contribution >= 0.6 is 0 Å². The van der Waals surface area contributed by atoms with Crippen molar-refractivity contribution in [3.8, 4) is 11.5 Å². The first-order valence-electron chi connectivity index (χ1n) is 19.0. The fourth-order valence-corrected chi connectivity index (χ4v) is 5.20. The van der Waals surface area contributed by atoms with E-state index in [0.717, 1.165) is 21.6 Å². The molecule has 0 fully saturated rings. The van der Waals surface area contributed by atoms with Crippen LogP contribution in [-0.2, 0) is 10.2 Å². The van der Waals surface area contributed by atoms with Crippen LogP contribution in [0.5, 0.6) is 11.5 Å². The predicted octanol–water partition coefficient (Wildman–Crippen LogP) is 11.5. The first-order chi connectivity index (χ1) is 26.6. The number of rotatable bonds is 3. The third-order valence-electron chi connectivity index (χ3n) is 7.79. The molecule has 8 nitrogen and oxygen atoms in total. The summed E-state index contributed by atoms with van der Waals surface area (Å²) < 4.78 is 4.35. The minimum absolute atomic E-state index is 0.212. The van der Waals surface area contributed by atoms with Gasteiger partial charge in [-0.1, -0.05) is 148 Å². The lowest BCUT2D eigenvalue weighted by molar-refractivity contribution is 0.0442. The first-order valence-corrected chi connectivity index (χ1v) is 19.0. The van der Waals surface area contributed by atoms with Crippen molar-refractivity contribution in [1.82, 2.24) is 4.90 Å². The number of ether oxygens (including phenoxy) is 1. The van der Waals surface area contributed by atoms with Crippen molar-refractivity contribution in [2.45, 2.75) is 81.6 Å². The summed E-state index contributed by atoms with van der Waals surface area (Å²) >= 11 is 0. The zero-order chi connectivity index (χ0) is 42.1. The van der Waals surface area contributed by atoms with Crippen molar-refractivity contribution in [1.29, 1.82) is 0 Å². The maximum absolute atomic E-state index is 11.3. The van der Waals surface area contributed by atoms with E-state index < -0.39 is 11.9 Å². The molecule has 2 aliphatic rings. The molecule has 5 aromatic rings. The highest BCUT2D eigenvalue weighted by Gasteiger charge is 2.32. The molecule has 0 bridgehead atoms. The number of fused-ring (bicyclic) bond motifs is 2. The van der Waals surface area contributed by atoms with Crippen molar-refractivity contribution < 1.29 is 34.1 Å². The monoisotopic (exact) mass is 749 g/mol. The Morgan fingerprint density at radius 3 is 1.02 bits per heavy atom. The topological polar surface area (TPSA) is 121 Å². The number of hydrogen-bond acceptors (Lipinski definition) is 7. The third kappa shape index (κ3) is 12.5. The van der Waals surface area contributed by atoms with Crippen molar-refractivity contribution in [3.05, 3.63) is 166 Å². The van der Waals surface area contributed by atoms with E-state index in [4.69, 9.17) is 0 Å². The molecule has 294 valence electrons. The van der Waals surface area contributed by atoms with Gasteiger partial charge >= 0.3 is 11.9 Å². The second-order valence-electron chi connectivity index (χ2n) is 10.5. The Hall–Kier alpha value is -6.02. The van der Waals surface area contributed by atoms with Gasteiger partial charge in [-0.2, -0.15) is 0 Å². The molecule has 0 saturated carbocycles. The molecule has 2 amide bonds. The van der Waals surface area contributed by atoms with Crippen LogP contribution in [0.25, 0.3) is 0 Å². The second-order valence-corrected chi connectivity index (χ2v) is 10.5. The molecule has 5 aromatic carbocycles. The van der Waals surface area contributed by atoms with Crippen molar-refractivity contribution in [2.24, 2.45) is 0 Å². The highest BCUT2D eigenvalue weighted by atomic mass is 16.6. The molecule has 2 heterocycles. The van der Waals surface area contributed by atoms with Crippen LogP contribution in [0.4, 0.5) is 0 Å². The van der Waals surface area contributed by atoms with E-state index in [2.05, 4.69) is 23.8 Å². The average molecular weight is 750 g/mol.